The van der Waals surface area contributed by atoms with Gasteiger partial charge in [-0.3, -0.25) is 4.99 Å². The van der Waals surface area contributed by atoms with E-state index in [1.165, 1.54) is 0 Å². The van der Waals surface area contributed by atoms with Crippen LogP contribution < -0.4 is 14.8 Å². The van der Waals surface area contributed by atoms with Crippen LogP contribution in [-0.2, 0) is 4.74 Å². The summed E-state index contributed by atoms with van der Waals surface area (Å²) in [6.45, 7) is 2.87. The van der Waals surface area contributed by atoms with Crippen LogP contribution in [0.1, 0.15) is 12.8 Å². The molecule has 1 N–H and O–H groups in total. The van der Waals surface area contributed by atoms with Crippen molar-refractivity contribution in [3.05, 3.63) is 18.2 Å². The lowest BCUT2D eigenvalue weighted by Crippen LogP contribution is -2.34. The lowest BCUT2D eigenvalue weighted by molar-refractivity contribution is 0.0624. The summed E-state index contributed by atoms with van der Waals surface area (Å²) in [4.78, 5) is 4.90. The number of fused-ring (bicyclic) bond motifs is 1. The Hall–Kier alpha value is -1.40. The second-order valence-corrected chi connectivity index (χ2v) is 6.49. The van der Waals surface area contributed by atoms with E-state index < -0.39 is 0 Å². The normalized spacial score (nSPS) is 23.0. The maximum absolute atomic E-state index is 5.61. The third-order valence-corrected chi connectivity index (χ3v) is 5.18. The Bertz CT molecular complexity index is 570. The minimum atomic E-state index is 0.0824. The second kappa shape index (κ2) is 5.42. The smallest absolute Gasteiger partial charge is 0.163 e. The van der Waals surface area contributed by atoms with Crippen LogP contribution in [0.2, 0.25) is 0 Å². The first-order valence-electron chi connectivity index (χ1n) is 7.30. The van der Waals surface area contributed by atoms with Crippen molar-refractivity contribution in [3.8, 4) is 11.5 Å². The first-order valence-corrected chi connectivity index (χ1v) is 8.29. The van der Waals surface area contributed by atoms with E-state index in [9.17, 15) is 0 Å². The molecule has 3 aliphatic rings. The Labute approximate surface area is 128 Å². The zero-order chi connectivity index (χ0) is 14.1. The largest absolute Gasteiger partial charge is 0.486 e. The fraction of sp³-hybridized carbons (Fsp3) is 0.533. The number of anilines is 1. The number of hydrogen-bond donors (Lipinski definition) is 1. The van der Waals surface area contributed by atoms with Gasteiger partial charge < -0.3 is 19.5 Å². The molecule has 3 heterocycles. The number of rotatable bonds is 1. The zero-order valence-electron chi connectivity index (χ0n) is 11.8. The van der Waals surface area contributed by atoms with Gasteiger partial charge in [0.25, 0.3) is 0 Å². The van der Waals surface area contributed by atoms with Gasteiger partial charge >= 0.3 is 0 Å². The topological polar surface area (TPSA) is 52.1 Å². The molecule has 0 atom stereocenters. The Balaban J connectivity index is 1.50. The van der Waals surface area contributed by atoms with Crippen molar-refractivity contribution in [2.75, 3.05) is 37.5 Å². The molecule has 0 aromatic heterocycles. The maximum Gasteiger partial charge on any atom is 0.163 e. The summed E-state index contributed by atoms with van der Waals surface area (Å²) in [5, 5.41) is 4.39. The molecule has 1 saturated heterocycles. The molecule has 1 aromatic carbocycles. The maximum atomic E-state index is 5.61. The zero-order valence-corrected chi connectivity index (χ0v) is 12.6. The Kier molecular flexibility index (Phi) is 3.43. The van der Waals surface area contributed by atoms with Crippen molar-refractivity contribution < 1.29 is 14.2 Å². The molecule has 6 heteroatoms. The highest BCUT2D eigenvalue weighted by molar-refractivity contribution is 8.14. The van der Waals surface area contributed by atoms with Crippen LogP contribution in [-0.4, -0.2) is 42.9 Å². The lowest BCUT2D eigenvalue weighted by atomic mass is 9.93. The molecule has 4 rings (SSSR count). The van der Waals surface area contributed by atoms with Crippen molar-refractivity contribution in [1.29, 1.82) is 0 Å². The van der Waals surface area contributed by atoms with E-state index in [-0.39, 0.29) is 5.54 Å². The average Bonchev–Trinajstić information content (AvgIpc) is 2.90. The average molecular weight is 306 g/mol. The Morgan fingerprint density at radius 3 is 2.71 bits per heavy atom. The van der Waals surface area contributed by atoms with E-state index in [0.29, 0.717) is 13.2 Å². The van der Waals surface area contributed by atoms with E-state index >= 15 is 0 Å². The van der Waals surface area contributed by atoms with Gasteiger partial charge in [0.2, 0.25) is 0 Å². The summed E-state index contributed by atoms with van der Waals surface area (Å²) in [7, 11) is 0. The van der Waals surface area contributed by atoms with Crippen LogP contribution in [0.15, 0.2) is 23.2 Å². The van der Waals surface area contributed by atoms with E-state index in [1.807, 2.05) is 18.2 Å². The molecule has 0 aliphatic carbocycles. The number of nitrogens with zero attached hydrogens (tertiary/aromatic N) is 1. The number of amidine groups is 1. The van der Waals surface area contributed by atoms with Gasteiger partial charge in [-0.1, -0.05) is 11.8 Å². The molecule has 21 heavy (non-hydrogen) atoms. The summed E-state index contributed by atoms with van der Waals surface area (Å²) in [6, 6.07) is 5.93. The molecule has 3 aliphatic heterocycles. The number of hydrogen-bond acceptors (Lipinski definition) is 6. The van der Waals surface area contributed by atoms with Crippen molar-refractivity contribution in [1.82, 2.24) is 0 Å². The van der Waals surface area contributed by atoms with E-state index in [2.05, 4.69) is 5.32 Å². The molecule has 1 spiro atoms. The molecular formula is C15H18N2O3S. The number of nitrogens with one attached hydrogen (secondary N) is 1. The van der Waals surface area contributed by atoms with E-state index in [1.54, 1.807) is 11.8 Å². The molecule has 0 bridgehead atoms. The minimum absolute atomic E-state index is 0.0824. The fourth-order valence-corrected chi connectivity index (χ4v) is 4.01. The van der Waals surface area contributed by atoms with Gasteiger partial charge in [0.05, 0.1) is 5.54 Å². The van der Waals surface area contributed by atoms with Crippen molar-refractivity contribution >= 4 is 22.6 Å². The fourth-order valence-electron chi connectivity index (χ4n) is 2.80. The number of ether oxygens (including phenoxy) is 3. The minimum Gasteiger partial charge on any atom is -0.486 e. The molecule has 0 amide bonds. The van der Waals surface area contributed by atoms with Gasteiger partial charge in [0, 0.05) is 30.7 Å². The van der Waals surface area contributed by atoms with Gasteiger partial charge in [-0.2, -0.15) is 0 Å². The molecule has 5 nitrogen and oxygen atoms in total. The van der Waals surface area contributed by atoms with Crippen LogP contribution in [0.25, 0.3) is 0 Å². The van der Waals surface area contributed by atoms with Crippen molar-refractivity contribution in [2.24, 2.45) is 4.99 Å². The molecule has 0 saturated carbocycles. The number of thioether (sulfide) groups is 1. The number of aliphatic imine (C=N–C) groups is 1. The first kappa shape index (κ1) is 13.3. The standard InChI is InChI=1S/C15H18N2O3S/c1-2-12-13(20-8-7-19-12)9-11(1)16-14-17-15(10-21-14)3-5-18-6-4-15/h1-2,9H,3-8,10H2,(H,16,17). The van der Waals surface area contributed by atoms with Gasteiger partial charge in [-0.15, -0.1) is 0 Å². The highest BCUT2D eigenvalue weighted by atomic mass is 32.2. The quantitative estimate of drug-likeness (QED) is 0.864. The Morgan fingerprint density at radius 1 is 1.05 bits per heavy atom. The van der Waals surface area contributed by atoms with Crippen LogP contribution in [0.4, 0.5) is 5.69 Å². The Morgan fingerprint density at radius 2 is 1.86 bits per heavy atom. The van der Waals surface area contributed by atoms with Gasteiger partial charge in [0.15, 0.2) is 16.7 Å². The molecular weight excluding hydrogens is 288 g/mol. The van der Waals surface area contributed by atoms with E-state index in [4.69, 9.17) is 19.2 Å². The predicted octanol–water partition coefficient (Wildman–Crippen LogP) is 2.52. The third kappa shape index (κ3) is 2.70. The van der Waals surface area contributed by atoms with Crippen LogP contribution in [0.3, 0.4) is 0 Å². The molecule has 1 fully saturated rings. The number of benzene rings is 1. The highest BCUT2D eigenvalue weighted by Gasteiger charge is 2.37. The SMILES string of the molecule is c1cc2c(cc1NC1=NC3(CCOCC3)CS1)OCCO2. The monoisotopic (exact) mass is 306 g/mol. The second-order valence-electron chi connectivity index (χ2n) is 5.53. The van der Waals surface area contributed by atoms with Crippen LogP contribution in [0.5, 0.6) is 11.5 Å². The van der Waals surface area contributed by atoms with Gasteiger partial charge in [0.1, 0.15) is 13.2 Å². The van der Waals surface area contributed by atoms with Crippen LogP contribution >= 0.6 is 11.8 Å². The lowest BCUT2D eigenvalue weighted by Gasteiger charge is -2.29. The van der Waals surface area contributed by atoms with Crippen LogP contribution in [0, 0.1) is 0 Å². The molecule has 0 unspecified atom stereocenters. The van der Waals surface area contributed by atoms with Gasteiger partial charge in [-0.05, 0) is 25.0 Å². The summed E-state index contributed by atoms with van der Waals surface area (Å²) in [5.74, 6) is 2.66. The molecule has 112 valence electrons. The summed E-state index contributed by atoms with van der Waals surface area (Å²) in [6.07, 6.45) is 2.04. The van der Waals surface area contributed by atoms with Crippen molar-refractivity contribution in [3.63, 3.8) is 0 Å². The summed E-state index contributed by atoms with van der Waals surface area (Å²) >= 11 is 1.79. The van der Waals surface area contributed by atoms with Gasteiger partial charge in [-0.25, -0.2) is 0 Å². The first-order chi connectivity index (χ1) is 10.3. The summed E-state index contributed by atoms with van der Waals surface area (Å²) < 4.78 is 16.6. The van der Waals surface area contributed by atoms with E-state index in [0.717, 1.165) is 54.2 Å². The van der Waals surface area contributed by atoms with Crippen molar-refractivity contribution in [2.45, 2.75) is 18.4 Å². The third-order valence-electron chi connectivity index (χ3n) is 4.03. The highest BCUT2D eigenvalue weighted by Crippen LogP contribution is 2.37. The summed E-state index contributed by atoms with van der Waals surface area (Å²) in [5.41, 5.74) is 1.08. The molecule has 1 aromatic rings. The predicted molar refractivity (Wildman–Crippen MR) is 83.7 cm³/mol. The molecule has 0 radical (unpaired) electrons.